The van der Waals surface area contributed by atoms with Crippen LogP contribution in [-0.4, -0.2) is 43.2 Å². The first-order valence-electron chi connectivity index (χ1n) is 8.08. The molecule has 1 aliphatic heterocycles. The van der Waals surface area contributed by atoms with Crippen LogP contribution in [0.4, 0.5) is 10.1 Å². The molecule has 0 radical (unpaired) electrons. The second kappa shape index (κ2) is 7.23. The molecule has 1 aromatic carbocycles. The van der Waals surface area contributed by atoms with Crippen LogP contribution in [0.15, 0.2) is 18.2 Å². The van der Waals surface area contributed by atoms with Gasteiger partial charge >= 0.3 is 0 Å². The van der Waals surface area contributed by atoms with E-state index in [2.05, 4.69) is 30.6 Å². The Hall–Kier alpha value is -1.13. The Morgan fingerprint density at radius 1 is 1.33 bits per heavy atom. The van der Waals surface area contributed by atoms with E-state index in [1.165, 1.54) is 0 Å². The molecule has 0 amide bonds. The van der Waals surface area contributed by atoms with Crippen molar-refractivity contribution >= 4 is 5.69 Å². The molecule has 2 unspecified atom stereocenters. The monoisotopic (exact) mass is 293 g/mol. The van der Waals surface area contributed by atoms with Gasteiger partial charge in [-0.3, -0.25) is 4.90 Å². The molecule has 1 heterocycles. The fourth-order valence-corrected chi connectivity index (χ4v) is 3.06. The number of nitrogens with two attached hydrogens (primary N) is 1. The van der Waals surface area contributed by atoms with Gasteiger partial charge in [-0.25, -0.2) is 4.39 Å². The second-order valence-electron chi connectivity index (χ2n) is 6.08. The van der Waals surface area contributed by atoms with Crippen LogP contribution in [-0.2, 0) is 6.42 Å². The van der Waals surface area contributed by atoms with Crippen molar-refractivity contribution in [3.63, 3.8) is 0 Å². The zero-order chi connectivity index (χ0) is 15.4. The van der Waals surface area contributed by atoms with E-state index in [9.17, 15) is 4.39 Å². The lowest BCUT2D eigenvalue weighted by Gasteiger charge is -2.40. The summed E-state index contributed by atoms with van der Waals surface area (Å²) in [4.78, 5) is 4.60. The lowest BCUT2D eigenvalue weighted by molar-refractivity contribution is 0.199. The van der Waals surface area contributed by atoms with E-state index < -0.39 is 0 Å². The molecular weight excluding hydrogens is 265 g/mol. The van der Waals surface area contributed by atoms with E-state index in [0.717, 1.165) is 50.3 Å². The van der Waals surface area contributed by atoms with Crippen LogP contribution >= 0.6 is 0 Å². The summed E-state index contributed by atoms with van der Waals surface area (Å²) in [6.45, 7) is 10.3. The zero-order valence-corrected chi connectivity index (χ0v) is 13.5. The smallest absolute Gasteiger partial charge is 0.146 e. The minimum atomic E-state index is -0.118. The van der Waals surface area contributed by atoms with Crippen LogP contribution in [0.3, 0.4) is 0 Å². The Morgan fingerprint density at radius 2 is 2.10 bits per heavy atom. The zero-order valence-electron chi connectivity index (χ0n) is 13.5. The third-order valence-electron chi connectivity index (χ3n) is 4.55. The highest BCUT2D eigenvalue weighted by atomic mass is 19.1. The summed E-state index contributed by atoms with van der Waals surface area (Å²) in [5, 5.41) is 0. The van der Waals surface area contributed by atoms with Crippen LogP contribution in [0.2, 0.25) is 0 Å². The first-order chi connectivity index (χ1) is 10.0. The van der Waals surface area contributed by atoms with Gasteiger partial charge in [0.1, 0.15) is 5.82 Å². The first-order valence-corrected chi connectivity index (χ1v) is 8.08. The maximum Gasteiger partial charge on any atom is 0.146 e. The fourth-order valence-electron chi connectivity index (χ4n) is 3.06. The quantitative estimate of drug-likeness (QED) is 0.906. The molecule has 0 aliphatic carbocycles. The number of anilines is 1. The van der Waals surface area contributed by atoms with Crippen LogP contribution in [0.5, 0.6) is 0 Å². The standard InChI is InChI=1S/C17H28FN3/c1-4-15(19)10-14-6-7-17(16(18)11-14)21-9-8-20(5-2)13(3)12-21/h6-7,11,13,15H,4-5,8-10,12,19H2,1-3H3. The fraction of sp³-hybridized carbons (Fsp3) is 0.647. The maximum absolute atomic E-state index is 14.4. The highest BCUT2D eigenvalue weighted by molar-refractivity contribution is 5.50. The Kier molecular flexibility index (Phi) is 5.59. The van der Waals surface area contributed by atoms with Gasteiger partial charge in [-0.1, -0.05) is 19.9 Å². The Bertz CT molecular complexity index is 463. The number of likely N-dealkylation sites (N-methyl/N-ethyl adjacent to an activating group) is 1. The average molecular weight is 293 g/mol. The van der Waals surface area contributed by atoms with E-state index in [1.807, 2.05) is 12.1 Å². The van der Waals surface area contributed by atoms with E-state index in [-0.39, 0.29) is 11.9 Å². The highest BCUT2D eigenvalue weighted by Gasteiger charge is 2.24. The highest BCUT2D eigenvalue weighted by Crippen LogP contribution is 2.24. The number of hydrogen-bond acceptors (Lipinski definition) is 3. The van der Waals surface area contributed by atoms with Crippen molar-refractivity contribution < 1.29 is 4.39 Å². The first kappa shape index (κ1) is 16.2. The van der Waals surface area contributed by atoms with Crippen molar-refractivity contribution in [2.45, 2.75) is 45.7 Å². The van der Waals surface area contributed by atoms with E-state index in [0.29, 0.717) is 6.04 Å². The lowest BCUT2D eigenvalue weighted by Crippen LogP contribution is -2.52. The second-order valence-corrected chi connectivity index (χ2v) is 6.08. The predicted molar refractivity (Wildman–Crippen MR) is 87.3 cm³/mol. The van der Waals surface area contributed by atoms with Crippen LogP contribution in [0, 0.1) is 5.82 Å². The Labute approximate surface area is 127 Å². The molecule has 2 N–H and O–H groups in total. The molecule has 0 saturated carbocycles. The summed E-state index contributed by atoms with van der Waals surface area (Å²) in [6.07, 6.45) is 1.66. The molecule has 4 heteroatoms. The van der Waals surface area contributed by atoms with Crippen molar-refractivity contribution in [2.75, 3.05) is 31.1 Å². The number of halogens is 1. The molecule has 2 atom stereocenters. The largest absolute Gasteiger partial charge is 0.366 e. The number of nitrogens with zero attached hydrogens (tertiary/aromatic N) is 2. The van der Waals surface area contributed by atoms with Crippen molar-refractivity contribution in [1.29, 1.82) is 0 Å². The summed E-state index contributed by atoms with van der Waals surface area (Å²) in [7, 11) is 0. The molecule has 2 rings (SSSR count). The van der Waals surface area contributed by atoms with E-state index >= 15 is 0 Å². The van der Waals surface area contributed by atoms with Gasteiger partial charge in [0.25, 0.3) is 0 Å². The van der Waals surface area contributed by atoms with Gasteiger partial charge in [-0.15, -0.1) is 0 Å². The minimum Gasteiger partial charge on any atom is -0.366 e. The Morgan fingerprint density at radius 3 is 2.67 bits per heavy atom. The van der Waals surface area contributed by atoms with E-state index in [1.54, 1.807) is 6.07 Å². The molecule has 1 aliphatic rings. The topological polar surface area (TPSA) is 32.5 Å². The maximum atomic E-state index is 14.4. The van der Waals surface area contributed by atoms with Gasteiger partial charge < -0.3 is 10.6 Å². The van der Waals surface area contributed by atoms with Gasteiger partial charge in [0, 0.05) is 31.7 Å². The molecule has 21 heavy (non-hydrogen) atoms. The third-order valence-corrected chi connectivity index (χ3v) is 4.55. The minimum absolute atomic E-state index is 0.114. The summed E-state index contributed by atoms with van der Waals surface area (Å²) in [6, 6.07) is 6.17. The molecule has 0 bridgehead atoms. The predicted octanol–water partition coefficient (Wildman–Crippen LogP) is 2.64. The van der Waals surface area contributed by atoms with Gasteiger partial charge in [-0.2, -0.15) is 0 Å². The molecule has 1 fully saturated rings. The molecular formula is C17H28FN3. The molecule has 0 aromatic heterocycles. The number of piperazine rings is 1. The summed E-state index contributed by atoms with van der Waals surface area (Å²) < 4.78 is 14.4. The number of rotatable bonds is 5. The normalized spacial score (nSPS) is 21.6. The van der Waals surface area contributed by atoms with Gasteiger partial charge in [-0.05, 0) is 44.0 Å². The third kappa shape index (κ3) is 3.95. The molecule has 0 spiro atoms. The summed E-state index contributed by atoms with van der Waals surface area (Å²) >= 11 is 0. The van der Waals surface area contributed by atoms with Gasteiger partial charge in [0.15, 0.2) is 0 Å². The number of hydrogen-bond donors (Lipinski definition) is 1. The van der Waals surface area contributed by atoms with Crippen molar-refractivity contribution in [2.24, 2.45) is 5.73 Å². The van der Waals surface area contributed by atoms with Gasteiger partial charge in [0.05, 0.1) is 5.69 Å². The van der Waals surface area contributed by atoms with Crippen molar-refractivity contribution in [3.05, 3.63) is 29.6 Å². The summed E-state index contributed by atoms with van der Waals surface area (Å²) in [5.74, 6) is -0.118. The van der Waals surface area contributed by atoms with Crippen LogP contribution < -0.4 is 10.6 Å². The molecule has 1 aromatic rings. The average Bonchev–Trinajstić information content (AvgIpc) is 2.47. The lowest BCUT2D eigenvalue weighted by atomic mass is 10.0. The van der Waals surface area contributed by atoms with Gasteiger partial charge in [0.2, 0.25) is 0 Å². The van der Waals surface area contributed by atoms with Crippen molar-refractivity contribution in [1.82, 2.24) is 4.90 Å². The van der Waals surface area contributed by atoms with E-state index in [4.69, 9.17) is 5.73 Å². The molecule has 118 valence electrons. The SMILES string of the molecule is CCC(N)Cc1ccc(N2CCN(CC)C(C)C2)c(F)c1. The number of benzene rings is 1. The molecule has 3 nitrogen and oxygen atoms in total. The summed E-state index contributed by atoms with van der Waals surface area (Å²) in [5.41, 5.74) is 7.67. The van der Waals surface area contributed by atoms with Crippen LogP contribution in [0.1, 0.15) is 32.8 Å². The Balaban J connectivity index is 2.07. The molecule has 1 saturated heterocycles. The van der Waals surface area contributed by atoms with Crippen LogP contribution in [0.25, 0.3) is 0 Å². The van der Waals surface area contributed by atoms with Crippen molar-refractivity contribution in [3.8, 4) is 0 Å².